The summed E-state index contributed by atoms with van der Waals surface area (Å²) in [4.78, 5) is 14.3. The van der Waals surface area contributed by atoms with Gasteiger partial charge in [-0.05, 0) is 25.8 Å². The van der Waals surface area contributed by atoms with Gasteiger partial charge in [0.1, 0.15) is 0 Å². The molecule has 0 saturated heterocycles. The lowest BCUT2D eigenvalue weighted by Crippen LogP contribution is -2.07. The SMILES string of the molecule is Cc1ccnc(NCCCCO)c1[N+](=O)[O-]. The molecule has 0 unspecified atom stereocenters. The molecule has 0 atom stereocenters. The standard InChI is InChI=1S/C10H15N3O3/c1-8-4-6-12-10(9(8)13(15)16)11-5-2-3-7-14/h4,6,14H,2-3,5,7H2,1H3,(H,11,12). The van der Waals surface area contributed by atoms with Crippen molar-refractivity contribution in [2.75, 3.05) is 18.5 Å². The summed E-state index contributed by atoms with van der Waals surface area (Å²) in [6.07, 6.45) is 2.96. The normalized spacial score (nSPS) is 10.1. The zero-order valence-corrected chi connectivity index (χ0v) is 9.14. The first kappa shape index (κ1) is 12.4. The zero-order chi connectivity index (χ0) is 12.0. The highest BCUT2D eigenvalue weighted by Crippen LogP contribution is 2.25. The van der Waals surface area contributed by atoms with Crippen LogP contribution in [-0.4, -0.2) is 28.2 Å². The number of nitrogens with one attached hydrogen (secondary N) is 1. The lowest BCUT2D eigenvalue weighted by atomic mass is 10.2. The summed E-state index contributed by atoms with van der Waals surface area (Å²) in [7, 11) is 0. The van der Waals surface area contributed by atoms with Crippen molar-refractivity contribution in [3.63, 3.8) is 0 Å². The average Bonchev–Trinajstić information content (AvgIpc) is 2.24. The molecule has 0 radical (unpaired) electrons. The molecule has 6 heteroatoms. The number of hydrogen-bond donors (Lipinski definition) is 2. The number of aryl methyl sites for hydroxylation is 1. The highest BCUT2D eigenvalue weighted by molar-refractivity contribution is 5.59. The lowest BCUT2D eigenvalue weighted by molar-refractivity contribution is -0.384. The largest absolute Gasteiger partial charge is 0.396 e. The first-order valence-corrected chi connectivity index (χ1v) is 5.11. The van der Waals surface area contributed by atoms with Crippen molar-refractivity contribution in [1.29, 1.82) is 0 Å². The van der Waals surface area contributed by atoms with Gasteiger partial charge in [-0.3, -0.25) is 10.1 Å². The number of aromatic nitrogens is 1. The summed E-state index contributed by atoms with van der Waals surface area (Å²) in [5.41, 5.74) is 0.608. The number of aliphatic hydroxyl groups is 1. The van der Waals surface area contributed by atoms with Gasteiger partial charge in [-0.2, -0.15) is 0 Å². The fraction of sp³-hybridized carbons (Fsp3) is 0.500. The Morgan fingerprint density at radius 1 is 1.56 bits per heavy atom. The molecule has 1 aromatic heterocycles. The van der Waals surface area contributed by atoms with E-state index in [4.69, 9.17) is 5.11 Å². The van der Waals surface area contributed by atoms with Crippen molar-refractivity contribution in [2.45, 2.75) is 19.8 Å². The number of aliphatic hydroxyl groups excluding tert-OH is 1. The molecule has 0 aliphatic rings. The number of nitro groups is 1. The predicted molar refractivity (Wildman–Crippen MR) is 60.4 cm³/mol. The van der Waals surface area contributed by atoms with Gasteiger partial charge < -0.3 is 10.4 Å². The Kier molecular flexibility index (Phi) is 4.65. The Labute approximate surface area is 93.5 Å². The van der Waals surface area contributed by atoms with Gasteiger partial charge in [0.25, 0.3) is 0 Å². The molecule has 1 rings (SSSR count). The van der Waals surface area contributed by atoms with Crippen LogP contribution in [0.25, 0.3) is 0 Å². The second-order valence-electron chi connectivity index (χ2n) is 3.44. The molecular formula is C10H15N3O3. The highest BCUT2D eigenvalue weighted by Gasteiger charge is 2.17. The fourth-order valence-corrected chi connectivity index (χ4v) is 1.35. The van der Waals surface area contributed by atoms with E-state index < -0.39 is 4.92 Å². The number of rotatable bonds is 6. The molecule has 0 aliphatic carbocycles. The average molecular weight is 225 g/mol. The molecule has 0 amide bonds. The van der Waals surface area contributed by atoms with Crippen LogP contribution in [0.1, 0.15) is 18.4 Å². The summed E-state index contributed by atoms with van der Waals surface area (Å²) in [5, 5.41) is 22.3. The van der Waals surface area contributed by atoms with Gasteiger partial charge in [0.05, 0.1) is 4.92 Å². The first-order chi connectivity index (χ1) is 7.66. The molecule has 1 heterocycles. The summed E-state index contributed by atoms with van der Waals surface area (Å²) < 4.78 is 0. The van der Waals surface area contributed by atoms with Gasteiger partial charge in [-0.1, -0.05) is 0 Å². The molecule has 2 N–H and O–H groups in total. The van der Waals surface area contributed by atoms with Crippen LogP contribution in [0, 0.1) is 17.0 Å². The van der Waals surface area contributed by atoms with Crippen molar-refractivity contribution >= 4 is 11.5 Å². The topological polar surface area (TPSA) is 88.3 Å². The molecule has 0 spiro atoms. The van der Waals surface area contributed by atoms with Gasteiger partial charge in [0.2, 0.25) is 5.82 Å². The summed E-state index contributed by atoms with van der Waals surface area (Å²) in [6.45, 7) is 2.38. The maximum Gasteiger partial charge on any atom is 0.314 e. The third-order valence-electron chi connectivity index (χ3n) is 2.19. The van der Waals surface area contributed by atoms with Crippen LogP contribution in [0.4, 0.5) is 11.5 Å². The monoisotopic (exact) mass is 225 g/mol. The first-order valence-electron chi connectivity index (χ1n) is 5.11. The Balaban J connectivity index is 2.71. The van der Waals surface area contributed by atoms with E-state index in [0.717, 1.165) is 6.42 Å². The van der Waals surface area contributed by atoms with E-state index >= 15 is 0 Å². The second-order valence-corrected chi connectivity index (χ2v) is 3.44. The smallest absolute Gasteiger partial charge is 0.314 e. The number of unbranched alkanes of at least 4 members (excludes halogenated alkanes) is 1. The van der Waals surface area contributed by atoms with E-state index in [1.165, 1.54) is 6.20 Å². The number of hydrogen-bond acceptors (Lipinski definition) is 5. The van der Waals surface area contributed by atoms with Crippen molar-refractivity contribution in [2.24, 2.45) is 0 Å². The Hall–Kier alpha value is -1.69. The molecular weight excluding hydrogens is 210 g/mol. The molecule has 0 saturated carbocycles. The highest BCUT2D eigenvalue weighted by atomic mass is 16.6. The van der Waals surface area contributed by atoms with E-state index in [9.17, 15) is 10.1 Å². The van der Waals surface area contributed by atoms with E-state index in [1.54, 1.807) is 13.0 Å². The Morgan fingerprint density at radius 3 is 2.94 bits per heavy atom. The van der Waals surface area contributed by atoms with Crippen LogP contribution in [-0.2, 0) is 0 Å². The third kappa shape index (κ3) is 3.16. The van der Waals surface area contributed by atoms with Gasteiger partial charge in [-0.15, -0.1) is 0 Å². The zero-order valence-electron chi connectivity index (χ0n) is 9.14. The van der Waals surface area contributed by atoms with Crippen molar-refractivity contribution in [3.05, 3.63) is 27.9 Å². The van der Waals surface area contributed by atoms with Gasteiger partial charge in [0.15, 0.2) is 0 Å². The maximum absolute atomic E-state index is 10.8. The number of pyridine rings is 1. The summed E-state index contributed by atoms with van der Waals surface area (Å²) in [6, 6.07) is 1.61. The molecule has 0 aliphatic heterocycles. The van der Waals surface area contributed by atoms with Crippen LogP contribution in [0.5, 0.6) is 0 Å². The van der Waals surface area contributed by atoms with E-state index in [2.05, 4.69) is 10.3 Å². The van der Waals surface area contributed by atoms with Gasteiger partial charge in [0, 0.05) is 24.9 Å². The molecule has 16 heavy (non-hydrogen) atoms. The second kappa shape index (κ2) is 6.02. The Morgan fingerprint density at radius 2 is 2.31 bits per heavy atom. The van der Waals surface area contributed by atoms with Crippen molar-refractivity contribution < 1.29 is 10.0 Å². The fourth-order valence-electron chi connectivity index (χ4n) is 1.35. The van der Waals surface area contributed by atoms with Crippen LogP contribution >= 0.6 is 0 Å². The summed E-state index contributed by atoms with van der Waals surface area (Å²) >= 11 is 0. The quantitative estimate of drug-likeness (QED) is 0.435. The van der Waals surface area contributed by atoms with Crippen LogP contribution in [0.2, 0.25) is 0 Å². The lowest BCUT2D eigenvalue weighted by Gasteiger charge is -2.06. The minimum absolute atomic E-state index is 0.0199. The van der Waals surface area contributed by atoms with Crippen molar-refractivity contribution in [1.82, 2.24) is 4.98 Å². The molecule has 0 aromatic carbocycles. The van der Waals surface area contributed by atoms with Gasteiger partial charge in [-0.25, -0.2) is 4.98 Å². The molecule has 1 aromatic rings. The van der Waals surface area contributed by atoms with E-state index in [1.807, 2.05) is 0 Å². The van der Waals surface area contributed by atoms with E-state index in [-0.39, 0.29) is 12.3 Å². The maximum atomic E-state index is 10.8. The minimum atomic E-state index is -0.434. The summed E-state index contributed by atoms with van der Waals surface area (Å²) in [5.74, 6) is 0.294. The molecule has 0 bridgehead atoms. The third-order valence-corrected chi connectivity index (χ3v) is 2.19. The minimum Gasteiger partial charge on any atom is -0.396 e. The van der Waals surface area contributed by atoms with Crippen molar-refractivity contribution in [3.8, 4) is 0 Å². The molecule has 0 fully saturated rings. The molecule has 88 valence electrons. The van der Waals surface area contributed by atoms with Gasteiger partial charge >= 0.3 is 5.69 Å². The molecule has 6 nitrogen and oxygen atoms in total. The van der Waals surface area contributed by atoms with Crippen LogP contribution in [0.15, 0.2) is 12.3 Å². The Bertz CT molecular complexity index is 368. The van der Waals surface area contributed by atoms with Crippen LogP contribution in [0.3, 0.4) is 0 Å². The van der Waals surface area contributed by atoms with E-state index in [0.29, 0.717) is 24.3 Å². The van der Waals surface area contributed by atoms with Crippen LogP contribution < -0.4 is 5.32 Å². The predicted octanol–water partition coefficient (Wildman–Crippen LogP) is 1.48. The number of anilines is 1. The number of nitrogens with zero attached hydrogens (tertiary/aromatic N) is 2.